The summed E-state index contributed by atoms with van der Waals surface area (Å²) in [6.07, 6.45) is -3.87. The first-order valence-corrected chi connectivity index (χ1v) is 13.7. The lowest BCUT2D eigenvalue weighted by molar-refractivity contribution is -0.138. The number of anilines is 1. The number of carbonyl (C=O) groups excluding carboxylic acids is 2. The summed E-state index contributed by atoms with van der Waals surface area (Å²) in [5.41, 5.74) is 1.20. The molecule has 200 valence electrons. The molecule has 0 radical (unpaired) electrons. The Balaban J connectivity index is 1.36. The zero-order chi connectivity index (χ0) is 27.6. The molecule has 12 heteroatoms. The summed E-state index contributed by atoms with van der Waals surface area (Å²) in [5, 5.41) is 11.4. The number of hydrogen-bond donors (Lipinski definition) is 1. The van der Waals surface area contributed by atoms with Crippen LogP contribution in [-0.2, 0) is 23.9 Å². The summed E-state index contributed by atoms with van der Waals surface area (Å²) < 4.78 is 42.7. The van der Waals surface area contributed by atoms with E-state index >= 15 is 0 Å². The van der Waals surface area contributed by atoms with E-state index in [9.17, 15) is 22.8 Å². The van der Waals surface area contributed by atoms with Crippen molar-refractivity contribution < 1.29 is 22.8 Å². The Morgan fingerprint density at radius 2 is 1.69 bits per heavy atom. The highest BCUT2D eigenvalue weighted by Gasteiger charge is 2.35. The van der Waals surface area contributed by atoms with Crippen molar-refractivity contribution in [2.24, 2.45) is 0 Å². The van der Waals surface area contributed by atoms with Crippen LogP contribution in [-0.4, -0.2) is 38.9 Å². The number of carbonyl (C=O) groups is 2. The first-order chi connectivity index (χ1) is 18.7. The molecule has 0 spiro atoms. The molecule has 5 rings (SSSR count). The molecule has 1 aromatic heterocycles. The second-order valence-electron chi connectivity index (χ2n) is 8.65. The number of rotatable bonds is 7. The predicted molar refractivity (Wildman–Crippen MR) is 145 cm³/mol. The molecule has 0 saturated carbocycles. The van der Waals surface area contributed by atoms with Crippen LogP contribution in [0.3, 0.4) is 0 Å². The van der Waals surface area contributed by atoms with Crippen LogP contribution in [0.5, 0.6) is 0 Å². The van der Waals surface area contributed by atoms with Gasteiger partial charge in [-0.05, 0) is 54.4 Å². The van der Waals surface area contributed by atoms with E-state index in [0.717, 1.165) is 34.3 Å². The zero-order valence-electron chi connectivity index (χ0n) is 20.3. The van der Waals surface area contributed by atoms with Crippen molar-refractivity contribution in [2.75, 3.05) is 17.2 Å². The minimum Gasteiger partial charge on any atom is -0.345 e. The summed E-state index contributed by atoms with van der Waals surface area (Å²) in [5.74, 6) is -0.551. The molecule has 0 fully saturated rings. The van der Waals surface area contributed by atoms with Crippen molar-refractivity contribution in [2.45, 2.75) is 24.3 Å². The largest absolute Gasteiger partial charge is 0.417 e. The Kier molecular flexibility index (Phi) is 7.76. The highest BCUT2D eigenvalue weighted by Crippen LogP contribution is 2.32. The first-order valence-electron chi connectivity index (χ1n) is 11.9. The van der Waals surface area contributed by atoms with E-state index in [1.165, 1.54) is 23.9 Å². The number of alkyl halides is 3. The van der Waals surface area contributed by atoms with Gasteiger partial charge in [0, 0.05) is 22.4 Å². The number of fused-ring (bicyclic) bond motifs is 1. The third-order valence-electron chi connectivity index (χ3n) is 6.18. The molecular weight excluding hydrogens is 595 g/mol. The smallest absolute Gasteiger partial charge is 0.345 e. The lowest BCUT2D eigenvalue weighted by atomic mass is 10.1. The summed E-state index contributed by atoms with van der Waals surface area (Å²) in [7, 11) is 0. The van der Waals surface area contributed by atoms with Gasteiger partial charge in [-0.15, -0.1) is 10.2 Å². The molecule has 1 N–H and O–H groups in total. The number of amides is 2. The molecule has 39 heavy (non-hydrogen) atoms. The molecule has 0 bridgehead atoms. The van der Waals surface area contributed by atoms with Crippen LogP contribution in [0.2, 0.25) is 0 Å². The van der Waals surface area contributed by atoms with Gasteiger partial charge < -0.3 is 10.2 Å². The van der Waals surface area contributed by atoms with Gasteiger partial charge in [-0.3, -0.25) is 14.2 Å². The minimum atomic E-state index is -4.67. The maximum Gasteiger partial charge on any atom is 0.417 e. The number of halogens is 4. The van der Waals surface area contributed by atoms with Gasteiger partial charge in [0.2, 0.25) is 5.91 Å². The van der Waals surface area contributed by atoms with Crippen molar-refractivity contribution in [3.8, 4) is 5.69 Å². The highest BCUT2D eigenvalue weighted by atomic mass is 79.9. The molecule has 0 saturated heterocycles. The number of thioether (sulfide) groups is 1. The van der Waals surface area contributed by atoms with Gasteiger partial charge in [-0.1, -0.05) is 58.0 Å². The maximum atomic E-state index is 13.4. The third kappa shape index (κ3) is 5.86. The van der Waals surface area contributed by atoms with Gasteiger partial charge in [0.25, 0.3) is 5.91 Å². The molecule has 2 amide bonds. The zero-order valence-corrected chi connectivity index (χ0v) is 22.7. The van der Waals surface area contributed by atoms with Crippen molar-refractivity contribution >= 4 is 45.2 Å². The third-order valence-corrected chi connectivity index (χ3v) is 7.62. The van der Waals surface area contributed by atoms with Crippen LogP contribution < -0.4 is 10.2 Å². The van der Waals surface area contributed by atoms with Crippen LogP contribution in [0.1, 0.15) is 27.3 Å². The summed E-state index contributed by atoms with van der Waals surface area (Å²) in [6, 6.07) is 19.6. The lowest BCUT2D eigenvalue weighted by Crippen LogP contribution is -2.30. The molecule has 1 aliphatic rings. The summed E-state index contributed by atoms with van der Waals surface area (Å²) >= 11 is 4.60. The number of hydrogen-bond acceptors (Lipinski definition) is 5. The normalized spacial score (nSPS) is 12.9. The van der Waals surface area contributed by atoms with E-state index < -0.39 is 23.2 Å². The van der Waals surface area contributed by atoms with Crippen LogP contribution in [0.25, 0.3) is 5.69 Å². The molecule has 1 aliphatic heterocycles. The summed E-state index contributed by atoms with van der Waals surface area (Å²) in [4.78, 5) is 27.5. The average Bonchev–Trinajstić information content (AvgIpc) is 3.55. The fraction of sp³-hybridized carbons (Fsp3) is 0.185. The molecule has 0 aliphatic carbocycles. The molecule has 4 aromatic rings. The van der Waals surface area contributed by atoms with Crippen molar-refractivity contribution in [3.05, 3.63) is 99.8 Å². The fourth-order valence-corrected chi connectivity index (χ4v) is 5.45. The lowest BCUT2D eigenvalue weighted by Gasteiger charge is -2.17. The van der Waals surface area contributed by atoms with E-state index in [-0.39, 0.29) is 18.2 Å². The number of benzene rings is 3. The van der Waals surface area contributed by atoms with Crippen LogP contribution in [0, 0.1) is 0 Å². The Bertz CT molecular complexity index is 1520. The Labute approximate surface area is 234 Å². The van der Waals surface area contributed by atoms with E-state index in [1.54, 1.807) is 21.6 Å². The second-order valence-corrected chi connectivity index (χ2v) is 10.5. The SMILES string of the molecule is O=C(NCc1nnc(SCC(=O)N2CCc3ccccc32)n1-c1ccc(Br)cc1)c1ccccc1C(F)(F)F. The van der Waals surface area contributed by atoms with Gasteiger partial charge in [-0.2, -0.15) is 13.2 Å². The molecular formula is C27H21BrF3N5O2S. The Morgan fingerprint density at radius 1 is 0.974 bits per heavy atom. The van der Waals surface area contributed by atoms with Crippen molar-refractivity contribution in [1.29, 1.82) is 0 Å². The van der Waals surface area contributed by atoms with Gasteiger partial charge in [0.15, 0.2) is 11.0 Å². The quantitative estimate of drug-likeness (QED) is 0.271. The molecule has 3 aromatic carbocycles. The van der Waals surface area contributed by atoms with Crippen LogP contribution in [0.4, 0.5) is 18.9 Å². The highest BCUT2D eigenvalue weighted by molar-refractivity contribution is 9.10. The van der Waals surface area contributed by atoms with Crippen molar-refractivity contribution in [1.82, 2.24) is 20.1 Å². The van der Waals surface area contributed by atoms with E-state index in [1.807, 2.05) is 36.4 Å². The molecule has 0 unspecified atom stereocenters. The average molecular weight is 616 g/mol. The van der Waals surface area contributed by atoms with Crippen molar-refractivity contribution in [3.63, 3.8) is 0 Å². The van der Waals surface area contributed by atoms with E-state index in [4.69, 9.17) is 0 Å². The number of nitrogens with one attached hydrogen (secondary N) is 1. The monoisotopic (exact) mass is 615 g/mol. The number of aromatic nitrogens is 3. The van der Waals surface area contributed by atoms with E-state index in [0.29, 0.717) is 23.2 Å². The minimum absolute atomic E-state index is 0.0751. The van der Waals surface area contributed by atoms with Gasteiger partial charge in [-0.25, -0.2) is 0 Å². The number of nitrogens with zero attached hydrogens (tertiary/aromatic N) is 4. The topological polar surface area (TPSA) is 80.1 Å². The fourth-order valence-electron chi connectivity index (χ4n) is 4.34. The predicted octanol–water partition coefficient (Wildman–Crippen LogP) is 5.66. The molecule has 2 heterocycles. The maximum absolute atomic E-state index is 13.4. The van der Waals surface area contributed by atoms with Gasteiger partial charge in [0.05, 0.1) is 23.4 Å². The first kappa shape index (κ1) is 26.9. The van der Waals surface area contributed by atoms with Gasteiger partial charge >= 0.3 is 6.18 Å². The standard InChI is InChI=1S/C27H21BrF3N5O2S/c28-18-9-11-19(12-10-18)36-23(15-32-25(38)20-6-2-3-7-21(20)27(29,30)31)33-34-26(36)39-16-24(37)35-14-13-17-5-1-4-8-22(17)35/h1-12H,13-16H2,(H,32,38). The number of para-hydroxylation sites is 1. The second kappa shape index (κ2) is 11.2. The Hall–Kier alpha value is -3.64. The van der Waals surface area contributed by atoms with Crippen LogP contribution in [0.15, 0.2) is 82.4 Å². The van der Waals surface area contributed by atoms with E-state index in [2.05, 4.69) is 31.4 Å². The Morgan fingerprint density at radius 3 is 2.46 bits per heavy atom. The molecule has 0 atom stereocenters. The van der Waals surface area contributed by atoms with Crippen LogP contribution >= 0.6 is 27.7 Å². The van der Waals surface area contributed by atoms with Gasteiger partial charge in [0.1, 0.15) is 0 Å². The summed E-state index contributed by atoms with van der Waals surface area (Å²) in [6.45, 7) is 0.427. The molecule has 7 nitrogen and oxygen atoms in total.